The first-order chi connectivity index (χ1) is 10.5. The molecular weight excluding hydrogens is 476 g/mol. The van der Waals surface area contributed by atoms with Crippen LogP contribution < -0.4 is 0 Å². The second-order valence-electron chi connectivity index (χ2n) is 5.16. The van der Waals surface area contributed by atoms with Crippen molar-refractivity contribution < 1.29 is 9.53 Å². The summed E-state index contributed by atoms with van der Waals surface area (Å²) in [6, 6.07) is 10.3. The van der Waals surface area contributed by atoms with E-state index in [1.54, 1.807) is 0 Å². The van der Waals surface area contributed by atoms with Gasteiger partial charge in [-0.15, -0.1) is 0 Å². The molecule has 1 aliphatic carbocycles. The highest BCUT2D eigenvalue weighted by atomic mass is 79.9. The molecule has 0 radical (unpaired) electrons. The molecule has 1 aliphatic rings. The molecule has 0 fully saturated rings. The monoisotopic (exact) mass is 486 g/mol. The summed E-state index contributed by atoms with van der Waals surface area (Å²) in [5, 5.41) is 0. The summed E-state index contributed by atoms with van der Waals surface area (Å²) in [7, 11) is 0. The van der Waals surface area contributed by atoms with Crippen molar-refractivity contribution in [3.05, 3.63) is 54.9 Å². The van der Waals surface area contributed by atoms with Gasteiger partial charge < -0.3 is 4.74 Å². The van der Waals surface area contributed by atoms with Crippen LogP contribution in [0, 0.1) is 0 Å². The molecule has 2 nitrogen and oxygen atoms in total. The van der Waals surface area contributed by atoms with Gasteiger partial charge in [0.15, 0.2) is 0 Å². The van der Waals surface area contributed by atoms with Crippen LogP contribution in [0.15, 0.2) is 43.7 Å². The first-order valence-electron chi connectivity index (χ1n) is 6.95. The quantitative estimate of drug-likeness (QED) is 0.496. The molecule has 5 heteroatoms. The van der Waals surface area contributed by atoms with Gasteiger partial charge in [-0.2, -0.15) is 0 Å². The van der Waals surface area contributed by atoms with E-state index in [0.717, 1.165) is 35.7 Å². The lowest BCUT2D eigenvalue weighted by atomic mass is 9.79. The summed E-state index contributed by atoms with van der Waals surface area (Å²) in [6.07, 6.45) is 0.656. The van der Waals surface area contributed by atoms with Crippen molar-refractivity contribution in [3.8, 4) is 11.1 Å². The van der Waals surface area contributed by atoms with Gasteiger partial charge in [0, 0.05) is 13.4 Å². The molecule has 3 rings (SSSR count). The van der Waals surface area contributed by atoms with Crippen molar-refractivity contribution >= 4 is 53.8 Å². The standard InChI is InChI=1S/C17H13Br3O2/c1-2-22-17(21)14-5-9-6-15(19)16(20)8-12(9)11-4-3-10(18)7-13(11)14/h3-4,6-8,14H,2,5H2,1H3. The Kier molecular flexibility index (Phi) is 4.76. The van der Waals surface area contributed by atoms with Crippen LogP contribution in [0.25, 0.3) is 11.1 Å². The topological polar surface area (TPSA) is 26.3 Å². The smallest absolute Gasteiger partial charge is 0.313 e. The minimum absolute atomic E-state index is 0.161. The van der Waals surface area contributed by atoms with Gasteiger partial charge in [-0.3, -0.25) is 4.79 Å². The molecule has 2 aromatic rings. The predicted octanol–water partition coefficient (Wildman–Crippen LogP) is 5.84. The van der Waals surface area contributed by atoms with Crippen LogP contribution in [0.3, 0.4) is 0 Å². The van der Waals surface area contributed by atoms with Crippen molar-refractivity contribution in [3.63, 3.8) is 0 Å². The number of hydrogen-bond acceptors (Lipinski definition) is 2. The fourth-order valence-corrected chi connectivity index (χ4v) is 3.97. The average Bonchev–Trinajstić information content (AvgIpc) is 2.48. The molecule has 0 N–H and O–H groups in total. The lowest BCUT2D eigenvalue weighted by Gasteiger charge is -2.27. The number of benzene rings is 2. The van der Waals surface area contributed by atoms with E-state index in [1.165, 1.54) is 0 Å². The average molecular weight is 489 g/mol. The largest absolute Gasteiger partial charge is 0.466 e. The zero-order valence-corrected chi connectivity index (χ0v) is 16.6. The van der Waals surface area contributed by atoms with Crippen LogP contribution in [-0.2, 0) is 16.0 Å². The zero-order chi connectivity index (χ0) is 15.9. The molecule has 0 spiro atoms. The normalized spacial score (nSPS) is 15.9. The molecule has 0 heterocycles. The number of carbonyl (C=O) groups excluding carboxylic acids is 1. The molecule has 0 saturated carbocycles. The maximum Gasteiger partial charge on any atom is 0.313 e. The van der Waals surface area contributed by atoms with Gasteiger partial charge in [0.1, 0.15) is 0 Å². The summed E-state index contributed by atoms with van der Waals surface area (Å²) in [5.41, 5.74) is 4.44. The fraction of sp³-hybridized carbons (Fsp3) is 0.235. The molecule has 1 atom stereocenters. The Balaban J connectivity index is 2.19. The molecule has 22 heavy (non-hydrogen) atoms. The lowest BCUT2D eigenvalue weighted by Crippen LogP contribution is -2.22. The second-order valence-corrected chi connectivity index (χ2v) is 7.79. The van der Waals surface area contributed by atoms with Crippen molar-refractivity contribution in [2.24, 2.45) is 0 Å². The van der Waals surface area contributed by atoms with Gasteiger partial charge in [-0.25, -0.2) is 0 Å². The van der Waals surface area contributed by atoms with E-state index in [2.05, 4.69) is 66.0 Å². The third kappa shape index (κ3) is 2.91. The molecular formula is C17H13Br3O2. The zero-order valence-electron chi connectivity index (χ0n) is 11.8. The minimum Gasteiger partial charge on any atom is -0.466 e. The molecule has 0 amide bonds. The molecule has 2 aromatic carbocycles. The Morgan fingerprint density at radius 2 is 1.86 bits per heavy atom. The van der Waals surface area contributed by atoms with E-state index in [4.69, 9.17) is 4.74 Å². The fourth-order valence-electron chi connectivity index (χ4n) is 2.86. The van der Waals surface area contributed by atoms with Crippen LogP contribution in [0.4, 0.5) is 0 Å². The molecule has 0 aliphatic heterocycles. The van der Waals surface area contributed by atoms with Crippen LogP contribution in [0.1, 0.15) is 24.0 Å². The number of carbonyl (C=O) groups is 1. The third-order valence-electron chi connectivity index (χ3n) is 3.82. The summed E-state index contributed by atoms with van der Waals surface area (Å²) in [4.78, 5) is 12.4. The molecule has 0 saturated heterocycles. The Labute approximate surface area is 154 Å². The van der Waals surface area contributed by atoms with E-state index in [0.29, 0.717) is 13.0 Å². The number of hydrogen-bond donors (Lipinski definition) is 0. The van der Waals surface area contributed by atoms with Crippen LogP contribution >= 0.6 is 47.8 Å². The van der Waals surface area contributed by atoms with E-state index >= 15 is 0 Å². The van der Waals surface area contributed by atoms with E-state index in [-0.39, 0.29) is 11.9 Å². The Morgan fingerprint density at radius 3 is 2.59 bits per heavy atom. The Hall–Kier alpha value is -0.650. The maximum absolute atomic E-state index is 12.4. The van der Waals surface area contributed by atoms with Crippen LogP contribution in [-0.4, -0.2) is 12.6 Å². The van der Waals surface area contributed by atoms with Crippen LogP contribution in [0.5, 0.6) is 0 Å². The van der Waals surface area contributed by atoms with Crippen molar-refractivity contribution in [1.82, 2.24) is 0 Å². The molecule has 1 unspecified atom stereocenters. The highest BCUT2D eigenvalue weighted by Gasteiger charge is 2.31. The number of esters is 1. The van der Waals surface area contributed by atoms with Crippen molar-refractivity contribution in [2.75, 3.05) is 6.61 Å². The number of rotatable bonds is 2. The van der Waals surface area contributed by atoms with Gasteiger partial charge in [0.2, 0.25) is 0 Å². The first kappa shape index (κ1) is 16.2. The van der Waals surface area contributed by atoms with E-state index in [9.17, 15) is 4.79 Å². The SMILES string of the molecule is CCOC(=O)C1Cc2cc(Br)c(Br)cc2-c2ccc(Br)cc21. The van der Waals surface area contributed by atoms with Gasteiger partial charge in [-0.05, 0) is 91.7 Å². The summed E-state index contributed by atoms with van der Waals surface area (Å²) >= 11 is 10.6. The number of halogens is 3. The summed E-state index contributed by atoms with van der Waals surface area (Å²) in [5.74, 6) is -0.417. The molecule has 0 bridgehead atoms. The predicted molar refractivity (Wildman–Crippen MR) is 98.1 cm³/mol. The van der Waals surface area contributed by atoms with Gasteiger partial charge in [0.05, 0.1) is 12.5 Å². The highest BCUT2D eigenvalue weighted by Crippen LogP contribution is 2.44. The maximum atomic E-state index is 12.4. The first-order valence-corrected chi connectivity index (χ1v) is 9.33. The highest BCUT2D eigenvalue weighted by molar-refractivity contribution is 9.13. The van der Waals surface area contributed by atoms with Gasteiger partial charge in [0.25, 0.3) is 0 Å². The number of ether oxygens (including phenoxy) is 1. The van der Waals surface area contributed by atoms with Gasteiger partial charge >= 0.3 is 5.97 Å². The summed E-state index contributed by atoms with van der Waals surface area (Å²) in [6.45, 7) is 2.24. The molecule has 0 aromatic heterocycles. The second kappa shape index (κ2) is 6.46. The summed E-state index contributed by atoms with van der Waals surface area (Å²) < 4.78 is 8.25. The third-order valence-corrected chi connectivity index (χ3v) is 6.16. The van der Waals surface area contributed by atoms with Crippen molar-refractivity contribution in [2.45, 2.75) is 19.3 Å². The van der Waals surface area contributed by atoms with Crippen LogP contribution in [0.2, 0.25) is 0 Å². The molecule has 114 valence electrons. The lowest BCUT2D eigenvalue weighted by molar-refractivity contribution is -0.145. The van der Waals surface area contributed by atoms with Gasteiger partial charge in [-0.1, -0.05) is 22.0 Å². The van der Waals surface area contributed by atoms with Crippen molar-refractivity contribution in [1.29, 1.82) is 0 Å². The minimum atomic E-state index is -0.256. The Bertz CT molecular complexity index is 756. The van der Waals surface area contributed by atoms with E-state index < -0.39 is 0 Å². The number of fused-ring (bicyclic) bond motifs is 3. The van der Waals surface area contributed by atoms with E-state index in [1.807, 2.05) is 19.1 Å². The Morgan fingerprint density at radius 1 is 1.14 bits per heavy atom.